The first kappa shape index (κ1) is 16.6. The van der Waals surface area contributed by atoms with Crippen LogP contribution in [0.5, 0.6) is 5.88 Å². The molecule has 0 atom stereocenters. The van der Waals surface area contributed by atoms with E-state index in [0.29, 0.717) is 30.5 Å². The molecule has 0 aromatic carbocycles. The zero-order valence-electron chi connectivity index (χ0n) is 14.3. The van der Waals surface area contributed by atoms with Gasteiger partial charge in [0.25, 0.3) is 0 Å². The maximum atomic E-state index is 5.87. The zero-order valence-corrected chi connectivity index (χ0v) is 14.3. The summed E-state index contributed by atoms with van der Waals surface area (Å²) in [6, 6.07) is 9.25. The molecule has 0 aliphatic rings. The van der Waals surface area contributed by atoms with E-state index in [1.165, 1.54) is 0 Å². The molecule has 0 aliphatic heterocycles. The lowest BCUT2D eigenvalue weighted by Gasteiger charge is -2.05. The molecule has 4 rings (SSSR count). The van der Waals surface area contributed by atoms with Crippen LogP contribution in [0.2, 0.25) is 0 Å². The van der Waals surface area contributed by atoms with Gasteiger partial charge in [-0.2, -0.15) is 0 Å². The zero-order chi connectivity index (χ0) is 18.5. The molecular weight excluding hydrogens is 344 g/mol. The summed E-state index contributed by atoms with van der Waals surface area (Å²) >= 11 is 0. The molecule has 2 N–H and O–H groups in total. The highest BCUT2D eigenvalue weighted by atomic mass is 16.5. The van der Waals surface area contributed by atoms with E-state index in [4.69, 9.17) is 15.0 Å². The third-order valence-electron chi connectivity index (χ3n) is 3.83. The maximum absolute atomic E-state index is 5.87. The second kappa shape index (κ2) is 7.61. The molecule has 0 unspecified atom stereocenters. The minimum atomic E-state index is 0.319. The maximum Gasteiger partial charge on any atom is 0.213 e. The smallest absolute Gasteiger partial charge is 0.213 e. The number of ether oxygens (including phenoxy) is 1. The predicted molar refractivity (Wildman–Crippen MR) is 97.6 cm³/mol. The first-order chi connectivity index (χ1) is 13.3. The third-order valence-corrected chi connectivity index (χ3v) is 3.83. The average molecular weight is 360 g/mol. The summed E-state index contributed by atoms with van der Waals surface area (Å²) in [6.07, 6.45) is 8.87. The molecular formula is C19H16N6O2. The molecule has 0 fully saturated rings. The van der Waals surface area contributed by atoms with Gasteiger partial charge >= 0.3 is 0 Å². The van der Waals surface area contributed by atoms with E-state index in [1.807, 2.05) is 24.3 Å². The monoisotopic (exact) mass is 360 g/mol. The molecule has 0 aliphatic carbocycles. The number of hydrogen-bond acceptors (Lipinski definition) is 8. The largest absolute Gasteiger partial charge is 0.471 e. The van der Waals surface area contributed by atoms with Gasteiger partial charge in [-0.15, -0.1) is 0 Å². The Morgan fingerprint density at radius 2 is 1.93 bits per heavy atom. The molecule has 8 heteroatoms. The van der Waals surface area contributed by atoms with Gasteiger partial charge < -0.3 is 15.0 Å². The van der Waals surface area contributed by atoms with Crippen molar-refractivity contribution in [2.45, 2.75) is 13.0 Å². The molecule has 0 radical (unpaired) electrons. The minimum Gasteiger partial charge on any atom is -0.471 e. The van der Waals surface area contributed by atoms with Crippen LogP contribution in [-0.2, 0) is 13.0 Å². The first-order valence-electron chi connectivity index (χ1n) is 8.27. The van der Waals surface area contributed by atoms with Gasteiger partial charge in [-0.3, -0.25) is 9.97 Å². The summed E-state index contributed by atoms with van der Waals surface area (Å²) in [6.45, 7) is 0.319. The van der Waals surface area contributed by atoms with E-state index in [0.717, 1.165) is 22.5 Å². The molecule has 0 saturated heterocycles. The van der Waals surface area contributed by atoms with E-state index in [2.05, 4.69) is 25.1 Å². The van der Waals surface area contributed by atoms with Gasteiger partial charge in [-0.25, -0.2) is 9.97 Å². The van der Waals surface area contributed by atoms with Gasteiger partial charge in [0.05, 0.1) is 23.1 Å². The van der Waals surface area contributed by atoms with Crippen LogP contribution in [0.25, 0.3) is 11.3 Å². The molecule has 134 valence electrons. The van der Waals surface area contributed by atoms with Gasteiger partial charge in [-0.1, -0.05) is 11.2 Å². The number of nitrogens with two attached hydrogens (primary N) is 1. The second-order valence-corrected chi connectivity index (χ2v) is 5.79. The Labute approximate surface area is 155 Å². The predicted octanol–water partition coefficient (Wildman–Crippen LogP) is 2.67. The summed E-state index contributed by atoms with van der Waals surface area (Å²) < 4.78 is 11.0. The van der Waals surface area contributed by atoms with E-state index >= 15 is 0 Å². The van der Waals surface area contributed by atoms with Gasteiger partial charge in [0.1, 0.15) is 12.4 Å². The number of nitrogens with zero attached hydrogens (tertiary/aromatic N) is 5. The van der Waals surface area contributed by atoms with Crippen LogP contribution < -0.4 is 10.5 Å². The highest BCUT2D eigenvalue weighted by Gasteiger charge is 2.11. The van der Waals surface area contributed by atoms with Crippen molar-refractivity contribution < 1.29 is 9.26 Å². The van der Waals surface area contributed by atoms with Gasteiger partial charge in [0.15, 0.2) is 5.76 Å². The lowest BCUT2D eigenvalue weighted by Crippen LogP contribution is -2.00. The number of hydrogen-bond donors (Lipinski definition) is 1. The number of anilines is 1. The molecule has 0 bridgehead atoms. The topological polar surface area (TPSA) is 113 Å². The summed E-state index contributed by atoms with van der Waals surface area (Å²) in [7, 11) is 0. The second-order valence-electron chi connectivity index (χ2n) is 5.79. The quantitative estimate of drug-likeness (QED) is 0.558. The molecule has 8 nitrogen and oxygen atoms in total. The highest BCUT2D eigenvalue weighted by Crippen LogP contribution is 2.25. The Balaban J connectivity index is 1.39. The van der Waals surface area contributed by atoms with Crippen LogP contribution in [0.4, 0.5) is 5.82 Å². The van der Waals surface area contributed by atoms with Gasteiger partial charge in [-0.05, 0) is 17.7 Å². The summed E-state index contributed by atoms with van der Waals surface area (Å²) in [5.41, 5.74) is 9.11. The van der Waals surface area contributed by atoms with E-state index in [9.17, 15) is 0 Å². The van der Waals surface area contributed by atoms with Crippen LogP contribution in [0.15, 0.2) is 65.8 Å². The van der Waals surface area contributed by atoms with Crippen LogP contribution in [0.1, 0.15) is 17.0 Å². The summed E-state index contributed by atoms with van der Waals surface area (Å²) in [5, 5.41) is 4.09. The lowest BCUT2D eigenvalue weighted by atomic mass is 10.1. The van der Waals surface area contributed by atoms with Crippen molar-refractivity contribution in [1.29, 1.82) is 0 Å². The van der Waals surface area contributed by atoms with Crippen molar-refractivity contribution in [2.75, 3.05) is 5.73 Å². The molecule has 0 amide bonds. The number of nitrogen functional groups attached to an aromatic ring is 1. The van der Waals surface area contributed by atoms with Crippen LogP contribution in [-0.4, -0.2) is 25.1 Å². The van der Waals surface area contributed by atoms with Crippen molar-refractivity contribution in [3.63, 3.8) is 0 Å². The molecule has 4 aromatic heterocycles. The Morgan fingerprint density at radius 3 is 2.70 bits per heavy atom. The van der Waals surface area contributed by atoms with E-state index in [1.54, 1.807) is 37.1 Å². The Bertz CT molecular complexity index is 1020. The molecule has 0 saturated carbocycles. The molecule has 27 heavy (non-hydrogen) atoms. The van der Waals surface area contributed by atoms with Crippen LogP contribution >= 0.6 is 0 Å². The normalized spacial score (nSPS) is 10.7. The molecule has 4 aromatic rings. The number of pyridine rings is 2. The standard InChI is InChI=1S/C19H16N6O2/c20-19-16(2-1-5-23-19)17-9-14(25-27-17)8-13-3-4-18(24-10-13)26-12-15-11-21-6-7-22-15/h1-7,9-11H,8,12H2,(H2,20,23). The fourth-order valence-electron chi connectivity index (χ4n) is 2.51. The van der Waals surface area contributed by atoms with Crippen molar-refractivity contribution in [1.82, 2.24) is 25.1 Å². The molecule has 0 spiro atoms. The van der Waals surface area contributed by atoms with Gasteiger partial charge in [0.2, 0.25) is 5.88 Å². The summed E-state index contributed by atoms with van der Waals surface area (Å²) in [5.74, 6) is 1.52. The first-order valence-corrected chi connectivity index (χ1v) is 8.27. The van der Waals surface area contributed by atoms with Crippen molar-refractivity contribution in [2.24, 2.45) is 0 Å². The highest BCUT2D eigenvalue weighted by molar-refractivity contribution is 5.69. The molecule has 4 heterocycles. The minimum absolute atomic E-state index is 0.319. The Kier molecular flexibility index (Phi) is 4.69. The van der Waals surface area contributed by atoms with Crippen molar-refractivity contribution >= 4 is 5.82 Å². The summed E-state index contributed by atoms with van der Waals surface area (Å²) in [4.78, 5) is 16.5. The van der Waals surface area contributed by atoms with Crippen LogP contribution in [0.3, 0.4) is 0 Å². The van der Waals surface area contributed by atoms with Crippen molar-refractivity contribution in [3.05, 3.63) is 78.3 Å². The fraction of sp³-hybridized carbons (Fsp3) is 0.105. The average Bonchev–Trinajstić information content (AvgIpc) is 3.17. The number of aromatic nitrogens is 5. The van der Waals surface area contributed by atoms with Crippen LogP contribution in [0, 0.1) is 0 Å². The van der Waals surface area contributed by atoms with E-state index in [-0.39, 0.29) is 0 Å². The van der Waals surface area contributed by atoms with Crippen molar-refractivity contribution in [3.8, 4) is 17.2 Å². The fourth-order valence-corrected chi connectivity index (χ4v) is 2.51. The van der Waals surface area contributed by atoms with E-state index < -0.39 is 0 Å². The Hall–Kier alpha value is -3.81. The SMILES string of the molecule is Nc1ncccc1-c1cc(Cc2ccc(OCc3cnccn3)nc2)no1. The number of rotatable bonds is 6. The van der Waals surface area contributed by atoms with Gasteiger partial charge in [0, 0.05) is 43.3 Å². The Morgan fingerprint density at radius 1 is 0.963 bits per heavy atom. The third kappa shape index (κ3) is 4.06. The lowest BCUT2D eigenvalue weighted by molar-refractivity contribution is 0.288.